The van der Waals surface area contributed by atoms with E-state index in [2.05, 4.69) is 10.1 Å². The molecule has 0 amide bonds. The lowest BCUT2D eigenvalue weighted by molar-refractivity contribution is -0.141. The zero-order chi connectivity index (χ0) is 11.9. The predicted molar refractivity (Wildman–Crippen MR) is 47.1 cm³/mol. The van der Waals surface area contributed by atoms with Crippen LogP contribution in [0.25, 0.3) is 5.65 Å². The summed E-state index contributed by atoms with van der Waals surface area (Å²) < 4.78 is 37.8. The van der Waals surface area contributed by atoms with E-state index in [-0.39, 0.29) is 17.0 Å². The van der Waals surface area contributed by atoms with Gasteiger partial charge in [0.15, 0.2) is 11.3 Å². The lowest BCUT2D eigenvalue weighted by Gasteiger charge is -2.00. The minimum absolute atomic E-state index is 0.0238. The second-order valence-electron chi connectivity index (χ2n) is 2.97. The third kappa shape index (κ3) is 1.42. The van der Waals surface area contributed by atoms with Crippen molar-refractivity contribution in [3.05, 3.63) is 23.5 Å². The molecule has 0 bridgehead atoms. The van der Waals surface area contributed by atoms with Gasteiger partial charge in [-0.3, -0.25) is 0 Å². The third-order valence-corrected chi connectivity index (χ3v) is 1.93. The molecule has 2 N–H and O–H groups in total. The Labute approximate surface area is 86.9 Å². The van der Waals surface area contributed by atoms with Crippen molar-refractivity contribution in [3.8, 4) is 6.07 Å². The van der Waals surface area contributed by atoms with Crippen molar-refractivity contribution < 1.29 is 13.2 Å². The fraction of sp³-hybridized carbons (Fsp3) is 0.125. The van der Waals surface area contributed by atoms with Gasteiger partial charge in [0, 0.05) is 6.07 Å². The van der Waals surface area contributed by atoms with Gasteiger partial charge < -0.3 is 5.73 Å². The van der Waals surface area contributed by atoms with Gasteiger partial charge in [0.1, 0.15) is 17.5 Å². The number of anilines is 1. The second-order valence-corrected chi connectivity index (χ2v) is 2.97. The van der Waals surface area contributed by atoms with Crippen LogP contribution in [0.4, 0.5) is 19.0 Å². The Morgan fingerprint density at radius 2 is 2.12 bits per heavy atom. The number of alkyl halides is 3. The molecular weight excluding hydrogens is 223 g/mol. The van der Waals surface area contributed by atoms with Gasteiger partial charge in [-0.05, 0) is 0 Å². The van der Waals surface area contributed by atoms with E-state index in [0.717, 1.165) is 16.8 Å². The maximum Gasteiger partial charge on any atom is 0.435 e. The number of hydrogen-bond acceptors (Lipinski definition) is 4. The summed E-state index contributed by atoms with van der Waals surface area (Å²) in [6, 6.07) is 2.47. The SMILES string of the molecule is N#Cc1cnc2cc(C(F)(F)F)nn2c1N. The minimum atomic E-state index is -4.56. The molecule has 0 radical (unpaired) electrons. The highest BCUT2D eigenvalue weighted by molar-refractivity contribution is 5.55. The second kappa shape index (κ2) is 3.10. The molecule has 2 aromatic heterocycles. The first-order valence-electron chi connectivity index (χ1n) is 4.05. The minimum Gasteiger partial charge on any atom is -0.382 e. The molecule has 5 nitrogen and oxygen atoms in total. The average Bonchev–Trinajstić information content (AvgIpc) is 2.62. The molecule has 82 valence electrons. The van der Waals surface area contributed by atoms with Crippen molar-refractivity contribution in [3.63, 3.8) is 0 Å². The molecule has 0 aliphatic carbocycles. The van der Waals surface area contributed by atoms with Crippen LogP contribution in [0.2, 0.25) is 0 Å². The van der Waals surface area contributed by atoms with Crippen molar-refractivity contribution in [2.75, 3.05) is 5.73 Å². The molecular formula is C8H4F3N5. The van der Waals surface area contributed by atoms with Gasteiger partial charge in [-0.2, -0.15) is 28.0 Å². The van der Waals surface area contributed by atoms with E-state index in [0.29, 0.717) is 0 Å². The Kier molecular flexibility index (Phi) is 1.98. The number of nitrogen functional groups attached to an aromatic ring is 1. The average molecular weight is 227 g/mol. The van der Waals surface area contributed by atoms with Crippen LogP contribution in [-0.2, 0) is 6.18 Å². The van der Waals surface area contributed by atoms with Crippen LogP contribution in [0.15, 0.2) is 12.3 Å². The monoisotopic (exact) mass is 227 g/mol. The predicted octanol–water partition coefficient (Wildman–Crippen LogP) is 1.20. The van der Waals surface area contributed by atoms with Crippen molar-refractivity contribution in [1.82, 2.24) is 14.6 Å². The van der Waals surface area contributed by atoms with E-state index in [1.54, 1.807) is 6.07 Å². The first-order chi connectivity index (χ1) is 7.43. The van der Waals surface area contributed by atoms with E-state index >= 15 is 0 Å². The molecule has 0 aliphatic rings. The molecule has 0 aliphatic heterocycles. The summed E-state index contributed by atoms with van der Waals surface area (Å²) in [5.74, 6) is -0.164. The summed E-state index contributed by atoms with van der Waals surface area (Å²) >= 11 is 0. The number of aromatic nitrogens is 3. The van der Waals surface area contributed by atoms with E-state index in [1.807, 2.05) is 0 Å². The number of hydrogen-bond donors (Lipinski definition) is 1. The van der Waals surface area contributed by atoms with Crippen LogP contribution in [0.5, 0.6) is 0 Å². The largest absolute Gasteiger partial charge is 0.435 e. The van der Waals surface area contributed by atoms with Crippen LogP contribution in [-0.4, -0.2) is 14.6 Å². The van der Waals surface area contributed by atoms with Gasteiger partial charge in [0.25, 0.3) is 0 Å². The summed E-state index contributed by atoms with van der Waals surface area (Å²) in [5, 5.41) is 11.9. The maximum absolute atomic E-state index is 12.3. The Bertz CT molecular complexity index is 592. The summed E-state index contributed by atoms with van der Waals surface area (Å²) in [7, 11) is 0. The fourth-order valence-corrected chi connectivity index (χ4v) is 1.18. The molecule has 8 heteroatoms. The number of fused-ring (bicyclic) bond motifs is 1. The van der Waals surface area contributed by atoms with Crippen molar-refractivity contribution in [2.24, 2.45) is 0 Å². The highest BCUT2D eigenvalue weighted by atomic mass is 19.4. The maximum atomic E-state index is 12.3. The van der Waals surface area contributed by atoms with E-state index in [9.17, 15) is 13.2 Å². The van der Waals surface area contributed by atoms with E-state index in [1.165, 1.54) is 0 Å². The molecule has 2 heterocycles. The standard InChI is InChI=1S/C8H4F3N5/c9-8(10,11)5-1-6-14-3-4(2-12)7(13)16(6)15-5/h1,3H,13H2. The lowest BCUT2D eigenvalue weighted by Crippen LogP contribution is -2.07. The summed E-state index contributed by atoms with van der Waals surface area (Å²) in [6.07, 6.45) is -3.46. The van der Waals surface area contributed by atoms with Gasteiger partial charge >= 0.3 is 6.18 Å². The number of halogens is 3. The number of nitrogens with zero attached hydrogens (tertiary/aromatic N) is 4. The molecule has 0 unspecified atom stereocenters. The molecule has 2 rings (SSSR count). The van der Waals surface area contributed by atoms with Crippen molar-refractivity contribution in [1.29, 1.82) is 5.26 Å². The van der Waals surface area contributed by atoms with Crippen molar-refractivity contribution in [2.45, 2.75) is 6.18 Å². The lowest BCUT2D eigenvalue weighted by atomic mass is 10.3. The van der Waals surface area contributed by atoms with Crippen LogP contribution < -0.4 is 5.73 Å². The summed E-state index contributed by atoms with van der Waals surface area (Å²) in [4.78, 5) is 3.64. The molecule has 0 spiro atoms. The van der Waals surface area contributed by atoms with Crippen LogP contribution in [0.3, 0.4) is 0 Å². The zero-order valence-corrected chi connectivity index (χ0v) is 7.65. The normalized spacial score (nSPS) is 11.6. The molecule has 0 fully saturated rings. The van der Waals surface area contributed by atoms with Gasteiger partial charge in [0.05, 0.1) is 6.20 Å². The Morgan fingerprint density at radius 3 is 2.69 bits per heavy atom. The molecule has 0 atom stereocenters. The Morgan fingerprint density at radius 1 is 1.44 bits per heavy atom. The van der Waals surface area contributed by atoms with E-state index < -0.39 is 11.9 Å². The highest BCUT2D eigenvalue weighted by Crippen LogP contribution is 2.29. The van der Waals surface area contributed by atoms with Crippen LogP contribution in [0.1, 0.15) is 11.3 Å². The molecule has 0 saturated heterocycles. The Hall–Kier alpha value is -2.30. The zero-order valence-electron chi connectivity index (χ0n) is 7.65. The molecule has 2 aromatic rings. The smallest absolute Gasteiger partial charge is 0.382 e. The fourth-order valence-electron chi connectivity index (χ4n) is 1.18. The third-order valence-electron chi connectivity index (χ3n) is 1.93. The number of nitrogens with two attached hydrogens (primary N) is 1. The van der Waals surface area contributed by atoms with E-state index in [4.69, 9.17) is 11.0 Å². The van der Waals surface area contributed by atoms with Gasteiger partial charge in [-0.1, -0.05) is 0 Å². The van der Waals surface area contributed by atoms with Gasteiger partial charge in [0.2, 0.25) is 0 Å². The van der Waals surface area contributed by atoms with Gasteiger partial charge in [-0.25, -0.2) is 4.98 Å². The quantitative estimate of drug-likeness (QED) is 0.733. The first-order valence-corrected chi connectivity index (χ1v) is 4.05. The van der Waals surface area contributed by atoms with Crippen LogP contribution in [0, 0.1) is 11.3 Å². The molecule has 0 saturated carbocycles. The van der Waals surface area contributed by atoms with Crippen LogP contribution >= 0.6 is 0 Å². The molecule has 0 aromatic carbocycles. The summed E-state index contributed by atoms with van der Waals surface area (Å²) in [5.41, 5.74) is 4.29. The number of nitriles is 1. The topological polar surface area (TPSA) is 80.0 Å². The first kappa shape index (κ1) is 10.2. The van der Waals surface area contributed by atoms with Crippen molar-refractivity contribution >= 4 is 11.5 Å². The van der Waals surface area contributed by atoms with Gasteiger partial charge in [-0.15, -0.1) is 0 Å². The molecule has 16 heavy (non-hydrogen) atoms. The Balaban J connectivity index is 2.73. The summed E-state index contributed by atoms with van der Waals surface area (Å²) in [6.45, 7) is 0. The number of rotatable bonds is 0. The highest BCUT2D eigenvalue weighted by Gasteiger charge is 2.34.